The van der Waals surface area contributed by atoms with Gasteiger partial charge in [-0.15, -0.1) is 0 Å². The van der Waals surface area contributed by atoms with Crippen LogP contribution >= 0.6 is 7.82 Å². The largest absolute Gasteiger partial charge is 0.472 e. The molecule has 2 rings (SSSR count). The highest BCUT2D eigenvalue weighted by molar-refractivity contribution is 7.47. The van der Waals surface area contributed by atoms with Crippen LogP contribution in [0.25, 0.3) is 0 Å². The normalized spacial score (nSPS) is 23.4. The number of rotatable bonds is 5. The van der Waals surface area contributed by atoms with Crippen LogP contribution in [0.5, 0.6) is 0 Å². The number of hydrogen-bond acceptors (Lipinski definition) is 6. The van der Waals surface area contributed by atoms with Crippen LogP contribution in [-0.4, -0.2) is 32.8 Å². The predicted octanol–water partition coefficient (Wildman–Crippen LogP) is 1.23. The lowest BCUT2D eigenvalue weighted by Gasteiger charge is -2.23. The van der Waals surface area contributed by atoms with E-state index in [0.29, 0.717) is 5.56 Å². The lowest BCUT2D eigenvalue weighted by molar-refractivity contribution is -0.0186. The number of aromatic amines is 1. The van der Waals surface area contributed by atoms with Crippen molar-refractivity contribution in [2.45, 2.75) is 45.6 Å². The summed E-state index contributed by atoms with van der Waals surface area (Å²) < 4.78 is 28.5. The van der Waals surface area contributed by atoms with E-state index in [1.54, 1.807) is 39.8 Å². The number of H-pyrrole nitrogens is 1. The van der Waals surface area contributed by atoms with Crippen molar-refractivity contribution in [3.8, 4) is 0 Å². The minimum atomic E-state index is -4.21. The maximum Gasteiger partial charge on any atom is 0.472 e. The summed E-state index contributed by atoms with van der Waals surface area (Å²) in [7, 11) is -4.21. The van der Waals surface area contributed by atoms with Gasteiger partial charge in [0.25, 0.3) is 5.56 Å². The van der Waals surface area contributed by atoms with Gasteiger partial charge in [-0.3, -0.25) is 23.4 Å². The first kappa shape index (κ1) is 18.8. The summed E-state index contributed by atoms with van der Waals surface area (Å²) in [4.78, 5) is 35.0. The maximum absolute atomic E-state index is 11.8. The highest BCUT2D eigenvalue weighted by Crippen LogP contribution is 2.47. The van der Waals surface area contributed by atoms with Gasteiger partial charge in [-0.1, -0.05) is 6.08 Å². The van der Waals surface area contributed by atoms with Crippen LogP contribution < -0.4 is 11.2 Å². The quantitative estimate of drug-likeness (QED) is 0.598. The summed E-state index contributed by atoms with van der Waals surface area (Å²) >= 11 is 0. The topological polar surface area (TPSA) is 120 Å². The monoisotopic (exact) mass is 360 g/mol. The fourth-order valence-corrected chi connectivity index (χ4v) is 3.14. The molecule has 1 aliphatic rings. The Kier molecular flexibility index (Phi) is 5.31. The second-order valence-corrected chi connectivity index (χ2v) is 7.77. The number of hydrogen-bond donors (Lipinski definition) is 2. The van der Waals surface area contributed by atoms with E-state index in [0.717, 1.165) is 0 Å². The Balaban J connectivity index is 1.99. The molecule has 0 aromatic carbocycles. The molecule has 9 nitrogen and oxygen atoms in total. The Hall–Kier alpha value is -1.51. The smallest absolute Gasteiger partial charge is 0.344 e. The van der Waals surface area contributed by atoms with E-state index in [1.165, 1.54) is 10.8 Å². The van der Waals surface area contributed by atoms with Gasteiger partial charge in [-0.05, 0) is 33.8 Å². The zero-order chi connectivity index (χ0) is 18.1. The molecule has 10 heteroatoms. The van der Waals surface area contributed by atoms with Crippen molar-refractivity contribution in [1.82, 2.24) is 9.55 Å². The number of nitrogens with one attached hydrogen (secondary N) is 1. The van der Waals surface area contributed by atoms with Crippen molar-refractivity contribution in [2.75, 3.05) is 6.61 Å². The molecule has 1 aromatic heterocycles. The zero-order valence-corrected chi connectivity index (χ0v) is 14.8. The van der Waals surface area contributed by atoms with Crippen LogP contribution in [0.2, 0.25) is 0 Å². The zero-order valence-electron chi connectivity index (χ0n) is 13.9. The summed E-state index contributed by atoms with van der Waals surface area (Å²) in [6, 6.07) is 0. The van der Waals surface area contributed by atoms with Crippen molar-refractivity contribution >= 4 is 7.82 Å². The van der Waals surface area contributed by atoms with Gasteiger partial charge in [0, 0.05) is 11.8 Å². The second kappa shape index (κ2) is 6.78. The van der Waals surface area contributed by atoms with Crippen LogP contribution in [0.3, 0.4) is 0 Å². The predicted molar refractivity (Wildman–Crippen MR) is 85.7 cm³/mol. The third kappa shape index (κ3) is 4.99. The number of phosphoric acid groups is 1. The molecule has 134 valence electrons. The molecule has 0 spiro atoms. The lowest BCUT2D eigenvalue weighted by atomic mass is 10.2. The van der Waals surface area contributed by atoms with Gasteiger partial charge in [0.1, 0.15) is 6.10 Å². The molecule has 0 amide bonds. The average Bonchev–Trinajstić information content (AvgIpc) is 2.87. The summed E-state index contributed by atoms with van der Waals surface area (Å²) in [6.07, 6.45) is 3.23. The molecule has 2 heterocycles. The van der Waals surface area contributed by atoms with E-state index in [4.69, 9.17) is 13.8 Å². The van der Waals surface area contributed by atoms with E-state index in [-0.39, 0.29) is 6.61 Å². The minimum absolute atomic E-state index is 0.214. The third-order valence-corrected chi connectivity index (χ3v) is 4.27. The Bertz CT molecular complexity index is 790. The van der Waals surface area contributed by atoms with E-state index < -0.39 is 37.0 Å². The summed E-state index contributed by atoms with van der Waals surface area (Å²) in [5.74, 6) is 0. The van der Waals surface area contributed by atoms with E-state index in [9.17, 15) is 19.0 Å². The highest BCUT2D eigenvalue weighted by Gasteiger charge is 2.31. The van der Waals surface area contributed by atoms with Gasteiger partial charge in [0.05, 0.1) is 12.2 Å². The number of phosphoric ester groups is 1. The standard InChI is InChI=1S/C14H21N2O7P/c1-9-7-16(13(18)15-12(9)17)11-6-5-10(22-11)8-21-24(19,20)23-14(2,3)4/h5-7,10-11H,8H2,1-4H3,(H,19,20)(H,15,17,18)/t10-,11+/m0/s1. The molecule has 0 bridgehead atoms. The summed E-state index contributed by atoms with van der Waals surface area (Å²) in [6.45, 7) is 6.25. The Morgan fingerprint density at radius 2 is 2.04 bits per heavy atom. The van der Waals surface area contributed by atoms with Gasteiger partial charge in [-0.2, -0.15) is 0 Å². The van der Waals surface area contributed by atoms with Crippen LogP contribution in [-0.2, 0) is 18.3 Å². The molecule has 1 aromatic rings. The van der Waals surface area contributed by atoms with Crippen molar-refractivity contribution in [2.24, 2.45) is 0 Å². The molecule has 0 fully saturated rings. The Morgan fingerprint density at radius 1 is 1.38 bits per heavy atom. The average molecular weight is 360 g/mol. The second-order valence-electron chi connectivity index (χ2n) is 6.40. The maximum atomic E-state index is 11.8. The van der Waals surface area contributed by atoms with Gasteiger partial charge in [-0.25, -0.2) is 9.36 Å². The Morgan fingerprint density at radius 3 is 2.67 bits per heavy atom. The SMILES string of the molecule is Cc1cn([C@H]2C=C[C@@H](COP(=O)(O)OC(C)(C)C)O2)c(=O)[nH]c1=O. The molecule has 0 saturated carbocycles. The van der Waals surface area contributed by atoms with E-state index >= 15 is 0 Å². The number of aromatic nitrogens is 2. The number of nitrogens with zero attached hydrogens (tertiary/aromatic N) is 1. The molecule has 3 atom stereocenters. The summed E-state index contributed by atoms with van der Waals surface area (Å²) in [5, 5.41) is 0. The molecule has 0 radical (unpaired) electrons. The first-order valence-electron chi connectivity index (χ1n) is 7.31. The van der Waals surface area contributed by atoms with Gasteiger partial charge >= 0.3 is 13.5 Å². The molecular weight excluding hydrogens is 339 g/mol. The van der Waals surface area contributed by atoms with Crippen LogP contribution in [0.1, 0.15) is 32.6 Å². The number of aryl methyl sites for hydroxylation is 1. The van der Waals surface area contributed by atoms with E-state index in [2.05, 4.69) is 4.98 Å². The molecular formula is C14H21N2O7P. The highest BCUT2D eigenvalue weighted by atomic mass is 31.2. The first-order chi connectivity index (χ1) is 11.0. The Labute approximate surface area is 138 Å². The van der Waals surface area contributed by atoms with Crippen molar-refractivity contribution in [1.29, 1.82) is 0 Å². The van der Waals surface area contributed by atoms with Crippen molar-refractivity contribution < 1.29 is 23.2 Å². The van der Waals surface area contributed by atoms with Crippen molar-refractivity contribution in [3.05, 3.63) is 44.8 Å². The first-order valence-corrected chi connectivity index (χ1v) is 8.80. The van der Waals surface area contributed by atoms with E-state index in [1.807, 2.05) is 0 Å². The fraction of sp³-hybridized carbons (Fsp3) is 0.571. The minimum Gasteiger partial charge on any atom is -0.344 e. The molecule has 24 heavy (non-hydrogen) atoms. The lowest BCUT2D eigenvalue weighted by Crippen LogP contribution is -2.33. The molecule has 0 aliphatic carbocycles. The van der Waals surface area contributed by atoms with Crippen LogP contribution in [0, 0.1) is 6.92 Å². The number of ether oxygens (including phenoxy) is 1. The molecule has 1 aliphatic heterocycles. The molecule has 2 N–H and O–H groups in total. The molecule has 0 saturated heterocycles. The summed E-state index contributed by atoms with van der Waals surface area (Å²) in [5.41, 5.74) is -1.53. The van der Waals surface area contributed by atoms with Gasteiger partial charge < -0.3 is 9.63 Å². The molecule has 1 unspecified atom stereocenters. The van der Waals surface area contributed by atoms with Crippen LogP contribution in [0.15, 0.2) is 27.9 Å². The van der Waals surface area contributed by atoms with Gasteiger partial charge in [0.2, 0.25) is 0 Å². The third-order valence-electron chi connectivity index (χ3n) is 3.02. The van der Waals surface area contributed by atoms with Crippen LogP contribution in [0.4, 0.5) is 0 Å². The van der Waals surface area contributed by atoms with Crippen molar-refractivity contribution in [3.63, 3.8) is 0 Å². The van der Waals surface area contributed by atoms with Gasteiger partial charge in [0.15, 0.2) is 6.23 Å². The fourth-order valence-electron chi connectivity index (χ4n) is 2.06.